The van der Waals surface area contributed by atoms with Gasteiger partial charge in [0.05, 0.1) is 5.69 Å². The number of piperidine rings is 1. The van der Waals surface area contributed by atoms with Crippen LogP contribution in [0.1, 0.15) is 44.7 Å². The first-order valence-corrected chi connectivity index (χ1v) is 6.48. The van der Waals surface area contributed by atoms with Gasteiger partial charge in [0.1, 0.15) is 6.07 Å². The standard InChI is InChI=1S/C14H19N3/c1-2-6-12-7-3-4-10-17(12)14-8-5-9-16-13(14)11-15/h5,8-9,12H,2-4,6-7,10H2,1H3. The lowest BCUT2D eigenvalue weighted by Gasteiger charge is -2.37. The fourth-order valence-corrected chi connectivity index (χ4v) is 2.67. The molecule has 2 rings (SSSR count). The van der Waals surface area contributed by atoms with E-state index >= 15 is 0 Å². The van der Waals surface area contributed by atoms with Crippen molar-refractivity contribution >= 4 is 5.69 Å². The zero-order chi connectivity index (χ0) is 12.1. The van der Waals surface area contributed by atoms with Gasteiger partial charge in [-0.3, -0.25) is 0 Å². The number of rotatable bonds is 3. The van der Waals surface area contributed by atoms with Gasteiger partial charge in [0.25, 0.3) is 0 Å². The average molecular weight is 229 g/mol. The summed E-state index contributed by atoms with van der Waals surface area (Å²) in [5, 5.41) is 9.13. The Kier molecular flexibility index (Phi) is 3.98. The maximum Gasteiger partial charge on any atom is 0.163 e. The van der Waals surface area contributed by atoms with E-state index in [0.29, 0.717) is 11.7 Å². The van der Waals surface area contributed by atoms with Crippen molar-refractivity contribution in [2.45, 2.75) is 45.1 Å². The Labute approximate surface area is 103 Å². The van der Waals surface area contributed by atoms with Gasteiger partial charge >= 0.3 is 0 Å². The Hall–Kier alpha value is -1.56. The molecule has 17 heavy (non-hydrogen) atoms. The second kappa shape index (κ2) is 5.67. The molecule has 1 aliphatic heterocycles. The van der Waals surface area contributed by atoms with Crippen LogP contribution in [-0.2, 0) is 0 Å². The molecular weight excluding hydrogens is 210 g/mol. The van der Waals surface area contributed by atoms with Crippen molar-refractivity contribution in [1.82, 2.24) is 4.98 Å². The Morgan fingerprint density at radius 1 is 1.53 bits per heavy atom. The van der Waals surface area contributed by atoms with Gasteiger partial charge in [-0.15, -0.1) is 0 Å². The lowest BCUT2D eigenvalue weighted by atomic mass is 9.97. The van der Waals surface area contributed by atoms with Gasteiger partial charge in [0, 0.05) is 18.8 Å². The van der Waals surface area contributed by atoms with Crippen molar-refractivity contribution in [2.24, 2.45) is 0 Å². The SMILES string of the molecule is CCCC1CCCCN1c1cccnc1C#N. The predicted octanol–water partition coefficient (Wildman–Crippen LogP) is 3.11. The van der Waals surface area contributed by atoms with E-state index in [4.69, 9.17) is 5.26 Å². The van der Waals surface area contributed by atoms with E-state index in [1.54, 1.807) is 6.20 Å². The van der Waals surface area contributed by atoms with Crippen molar-refractivity contribution in [3.8, 4) is 6.07 Å². The molecule has 1 aromatic heterocycles. The van der Waals surface area contributed by atoms with E-state index in [1.807, 2.05) is 12.1 Å². The van der Waals surface area contributed by atoms with Crippen LogP contribution >= 0.6 is 0 Å². The molecular formula is C14H19N3. The third-order valence-corrected chi connectivity index (χ3v) is 3.45. The van der Waals surface area contributed by atoms with Gasteiger partial charge in [-0.2, -0.15) is 5.26 Å². The van der Waals surface area contributed by atoms with Crippen LogP contribution in [0.4, 0.5) is 5.69 Å². The van der Waals surface area contributed by atoms with Crippen molar-refractivity contribution < 1.29 is 0 Å². The Morgan fingerprint density at radius 3 is 3.18 bits per heavy atom. The van der Waals surface area contributed by atoms with Crippen LogP contribution in [0, 0.1) is 11.3 Å². The zero-order valence-corrected chi connectivity index (χ0v) is 10.4. The molecule has 2 heterocycles. The molecule has 1 aromatic rings. The minimum atomic E-state index is 0.565. The molecule has 1 fully saturated rings. The van der Waals surface area contributed by atoms with Crippen LogP contribution in [0.5, 0.6) is 0 Å². The van der Waals surface area contributed by atoms with Crippen molar-refractivity contribution in [3.05, 3.63) is 24.0 Å². The highest BCUT2D eigenvalue weighted by atomic mass is 15.2. The minimum absolute atomic E-state index is 0.565. The van der Waals surface area contributed by atoms with Crippen LogP contribution in [-0.4, -0.2) is 17.6 Å². The number of nitriles is 1. The summed E-state index contributed by atoms with van der Waals surface area (Å²) in [5.41, 5.74) is 1.59. The number of pyridine rings is 1. The van der Waals surface area contributed by atoms with Gasteiger partial charge in [-0.25, -0.2) is 4.98 Å². The summed E-state index contributed by atoms with van der Waals surface area (Å²) in [6, 6.07) is 6.74. The molecule has 0 aromatic carbocycles. The Morgan fingerprint density at radius 2 is 2.41 bits per heavy atom. The molecule has 0 spiro atoms. The highest BCUT2D eigenvalue weighted by Crippen LogP contribution is 2.28. The Bertz CT molecular complexity index is 406. The van der Waals surface area contributed by atoms with E-state index in [2.05, 4.69) is 22.9 Å². The van der Waals surface area contributed by atoms with Gasteiger partial charge in [-0.1, -0.05) is 13.3 Å². The summed E-state index contributed by atoms with van der Waals surface area (Å²) in [5.74, 6) is 0. The first-order chi connectivity index (χ1) is 8.36. The second-order valence-corrected chi connectivity index (χ2v) is 4.61. The van der Waals surface area contributed by atoms with E-state index in [9.17, 15) is 0 Å². The first-order valence-electron chi connectivity index (χ1n) is 6.48. The molecule has 0 N–H and O–H groups in total. The molecule has 1 unspecified atom stereocenters. The molecule has 3 heteroatoms. The van der Waals surface area contributed by atoms with Gasteiger partial charge < -0.3 is 4.90 Å². The highest BCUT2D eigenvalue weighted by Gasteiger charge is 2.23. The summed E-state index contributed by atoms with van der Waals surface area (Å²) >= 11 is 0. The first kappa shape index (κ1) is 11.9. The molecule has 0 radical (unpaired) electrons. The van der Waals surface area contributed by atoms with Crippen LogP contribution in [0.3, 0.4) is 0 Å². The summed E-state index contributed by atoms with van der Waals surface area (Å²) < 4.78 is 0. The molecule has 1 saturated heterocycles. The highest BCUT2D eigenvalue weighted by molar-refractivity contribution is 5.56. The van der Waals surface area contributed by atoms with Crippen LogP contribution in [0.15, 0.2) is 18.3 Å². The molecule has 0 bridgehead atoms. The van der Waals surface area contributed by atoms with E-state index < -0.39 is 0 Å². The zero-order valence-electron chi connectivity index (χ0n) is 10.4. The molecule has 90 valence electrons. The van der Waals surface area contributed by atoms with Crippen molar-refractivity contribution in [1.29, 1.82) is 5.26 Å². The van der Waals surface area contributed by atoms with E-state index in [-0.39, 0.29) is 0 Å². The van der Waals surface area contributed by atoms with Gasteiger partial charge in [0.15, 0.2) is 5.69 Å². The summed E-state index contributed by atoms with van der Waals surface area (Å²) in [6.45, 7) is 3.28. The van der Waals surface area contributed by atoms with Crippen LogP contribution in [0.2, 0.25) is 0 Å². The molecule has 1 atom stereocenters. The fraction of sp³-hybridized carbons (Fsp3) is 0.571. The maximum absolute atomic E-state index is 9.13. The van der Waals surface area contributed by atoms with Crippen LogP contribution < -0.4 is 4.90 Å². The number of aromatic nitrogens is 1. The smallest absolute Gasteiger partial charge is 0.163 e. The monoisotopic (exact) mass is 229 g/mol. The topological polar surface area (TPSA) is 39.9 Å². The summed E-state index contributed by atoms with van der Waals surface area (Å²) in [4.78, 5) is 6.55. The molecule has 0 aliphatic carbocycles. The number of hydrogen-bond acceptors (Lipinski definition) is 3. The van der Waals surface area contributed by atoms with Crippen LogP contribution in [0.25, 0.3) is 0 Å². The van der Waals surface area contributed by atoms with Gasteiger partial charge in [0.2, 0.25) is 0 Å². The Balaban J connectivity index is 2.26. The lowest BCUT2D eigenvalue weighted by molar-refractivity contribution is 0.434. The predicted molar refractivity (Wildman–Crippen MR) is 68.8 cm³/mol. The fourth-order valence-electron chi connectivity index (χ4n) is 2.67. The van der Waals surface area contributed by atoms with E-state index in [1.165, 1.54) is 32.1 Å². The molecule has 3 nitrogen and oxygen atoms in total. The number of nitrogens with zero attached hydrogens (tertiary/aromatic N) is 3. The lowest BCUT2D eigenvalue weighted by Crippen LogP contribution is -2.40. The van der Waals surface area contributed by atoms with Crippen molar-refractivity contribution in [3.63, 3.8) is 0 Å². The third-order valence-electron chi connectivity index (χ3n) is 3.45. The molecule has 0 amide bonds. The van der Waals surface area contributed by atoms with Gasteiger partial charge in [-0.05, 0) is 37.8 Å². The number of hydrogen-bond donors (Lipinski definition) is 0. The van der Waals surface area contributed by atoms with Crippen molar-refractivity contribution in [2.75, 3.05) is 11.4 Å². The third kappa shape index (κ3) is 2.58. The molecule has 0 saturated carbocycles. The largest absolute Gasteiger partial charge is 0.366 e. The normalized spacial score (nSPS) is 20.0. The second-order valence-electron chi connectivity index (χ2n) is 4.61. The maximum atomic E-state index is 9.13. The number of anilines is 1. The average Bonchev–Trinajstić information content (AvgIpc) is 2.40. The summed E-state index contributed by atoms with van der Waals surface area (Å²) in [7, 11) is 0. The quantitative estimate of drug-likeness (QED) is 0.799. The molecule has 1 aliphatic rings. The van der Waals surface area contributed by atoms with E-state index in [0.717, 1.165) is 12.2 Å². The minimum Gasteiger partial charge on any atom is -0.366 e. The summed E-state index contributed by atoms with van der Waals surface area (Å²) in [6.07, 6.45) is 7.88.